The van der Waals surface area contributed by atoms with Crippen LogP contribution in [0.5, 0.6) is 0 Å². The molecule has 1 aromatic heterocycles. The summed E-state index contributed by atoms with van der Waals surface area (Å²) in [6.45, 7) is 1.91. The van der Waals surface area contributed by atoms with Crippen molar-refractivity contribution in [3.63, 3.8) is 0 Å². The van der Waals surface area contributed by atoms with E-state index >= 15 is 0 Å². The zero-order valence-corrected chi connectivity index (χ0v) is 10.7. The van der Waals surface area contributed by atoms with E-state index in [2.05, 4.69) is 4.98 Å². The van der Waals surface area contributed by atoms with Gasteiger partial charge in [0.2, 0.25) is 0 Å². The molecule has 2 aromatic rings. The molecule has 4 nitrogen and oxygen atoms in total. The first-order valence-corrected chi connectivity index (χ1v) is 6.00. The number of hydrogen-bond acceptors (Lipinski definition) is 4. The van der Waals surface area contributed by atoms with Gasteiger partial charge in [0, 0.05) is 18.0 Å². The lowest BCUT2D eigenvalue weighted by Crippen LogP contribution is -2.33. The second-order valence-corrected chi connectivity index (χ2v) is 4.46. The molecule has 0 bridgehead atoms. The average Bonchev–Trinajstić information content (AvgIpc) is 2.44. The summed E-state index contributed by atoms with van der Waals surface area (Å²) >= 11 is 0. The fourth-order valence-electron chi connectivity index (χ4n) is 1.90. The van der Waals surface area contributed by atoms with Crippen LogP contribution >= 0.6 is 0 Å². The summed E-state index contributed by atoms with van der Waals surface area (Å²) in [6.07, 6.45) is 0. The van der Waals surface area contributed by atoms with Crippen LogP contribution in [0.3, 0.4) is 0 Å². The predicted molar refractivity (Wildman–Crippen MR) is 72.6 cm³/mol. The maximum atomic E-state index is 9.45. The molecule has 1 aromatic carbocycles. The summed E-state index contributed by atoms with van der Waals surface area (Å²) in [7, 11) is 1.87. The Balaban J connectivity index is 2.54. The van der Waals surface area contributed by atoms with E-state index in [1.807, 2.05) is 49.2 Å². The van der Waals surface area contributed by atoms with Crippen molar-refractivity contribution in [1.82, 2.24) is 4.98 Å². The lowest BCUT2D eigenvalue weighted by atomic mass is 10.1. The van der Waals surface area contributed by atoms with Crippen molar-refractivity contribution in [3.8, 4) is 0 Å². The number of para-hydroxylation sites is 1. The predicted octanol–water partition coefficient (Wildman–Crippen LogP) is 1.54. The Morgan fingerprint density at radius 3 is 2.67 bits per heavy atom. The molecular formula is C14H18N2O2. The lowest BCUT2D eigenvalue weighted by Gasteiger charge is -2.26. The number of nitrogens with zero attached hydrogens (tertiary/aromatic N) is 2. The van der Waals surface area contributed by atoms with Crippen molar-refractivity contribution in [2.45, 2.75) is 19.6 Å². The molecule has 0 amide bonds. The second-order valence-electron chi connectivity index (χ2n) is 4.46. The fraction of sp³-hybridized carbons (Fsp3) is 0.357. The Hall–Kier alpha value is -1.65. The third-order valence-electron chi connectivity index (χ3n) is 3.21. The number of fused-ring (bicyclic) bond motifs is 1. The van der Waals surface area contributed by atoms with E-state index < -0.39 is 0 Å². The summed E-state index contributed by atoms with van der Waals surface area (Å²) in [4.78, 5) is 6.46. The number of aliphatic hydroxyl groups is 2. The highest BCUT2D eigenvalue weighted by molar-refractivity contribution is 5.81. The van der Waals surface area contributed by atoms with Gasteiger partial charge in [0.1, 0.15) is 5.82 Å². The van der Waals surface area contributed by atoms with Crippen LogP contribution in [-0.4, -0.2) is 34.9 Å². The molecule has 1 atom stereocenters. The number of pyridine rings is 1. The summed E-state index contributed by atoms with van der Waals surface area (Å²) in [5.41, 5.74) is 1.66. The van der Waals surface area contributed by atoms with Crippen molar-refractivity contribution in [2.75, 3.05) is 18.6 Å². The topological polar surface area (TPSA) is 56.6 Å². The number of aromatic nitrogens is 1. The van der Waals surface area contributed by atoms with Crippen LogP contribution < -0.4 is 4.90 Å². The molecule has 1 heterocycles. The highest BCUT2D eigenvalue weighted by atomic mass is 16.3. The first-order valence-electron chi connectivity index (χ1n) is 6.00. The molecule has 2 N–H and O–H groups in total. The van der Waals surface area contributed by atoms with Gasteiger partial charge in [-0.2, -0.15) is 0 Å². The van der Waals surface area contributed by atoms with Crippen molar-refractivity contribution in [1.29, 1.82) is 0 Å². The number of anilines is 1. The third kappa shape index (κ3) is 2.30. The van der Waals surface area contributed by atoms with Crippen molar-refractivity contribution in [2.24, 2.45) is 0 Å². The molecule has 1 unspecified atom stereocenters. The monoisotopic (exact) mass is 246 g/mol. The number of hydrogen-bond donors (Lipinski definition) is 2. The standard InChI is InChI=1S/C14H18N2O2/c1-10(8-17)16(2)14-12(9-18)7-11-5-3-4-6-13(11)15-14/h3-7,10,17-18H,8-9H2,1-2H3. The molecule has 0 fully saturated rings. The molecule has 0 radical (unpaired) electrons. The van der Waals surface area contributed by atoms with Crippen LogP contribution in [0, 0.1) is 0 Å². The highest BCUT2D eigenvalue weighted by Crippen LogP contribution is 2.24. The van der Waals surface area contributed by atoms with Gasteiger partial charge >= 0.3 is 0 Å². The number of benzene rings is 1. The molecule has 0 spiro atoms. The second kappa shape index (κ2) is 5.33. The summed E-state index contributed by atoms with van der Waals surface area (Å²) < 4.78 is 0. The van der Waals surface area contributed by atoms with Crippen LogP contribution in [-0.2, 0) is 6.61 Å². The van der Waals surface area contributed by atoms with Gasteiger partial charge in [-0.3, -0.25) is 0 Å². The number of likely N-dealkylation sites (N-methyl/N-ethyl adjacent to an activating group) is 1. The Kier molecular flexibility index (Phi) is 3.79. The first kappa shape index (κ1) is 12.8. The lowest BCUT2D eigenvalue weighted by molar-refractivity contribution is 0.266. The summed E-state index contributed by atoms with van der Waals surface area (Å²) in [6, 6.07) is 9.71. The maximum Gasteiger partial charge on any atom is 0.134 e. The minimum absolute atomic E-state index is 0.0380. The highest BCUT2D eigenvalue weighted by Gasteiger charge is 2.15. The van der Waals surface area contributed by atoms with Gasteiger partial charge in [-0.05, 0) is 19.1 Å². The van der Waals surface area contributed by atoms with Gasteiger partial charge in [-0.15, -0.1) is 0 Å². The minimum Gasteiger partial charge on any atom is -0.394 e. The zero-order chi connectivity index (χ0) is 13.1. The zero-order valence-electron chi connectivity index (χ0n) is 10.7. The summed E-state index contributed by atoms with van der Waals surface area (Å²) in [5, 5.41) is 19.7. The Labute approximate surface area is 107 Å². The Morgan fingerprint density at radius 2 is 2.00 bits per heavy atom. The van der Waals surface area contributed by atoms with E-state index in [-0.39, 0.29) is 19.3 Å². The van der Waals surface area contributed by atoms with Crippen LogP contribution in [0.1, 0.15) is 12.5 Å². The van der Waals surface area contributed by atoms with Gasteiger partial charge in [0.15, 0.2) is 0 Å². The van der Waals surface area contributed by atoms with Crippen LogP contribution in [0.25, 0.3) is 10.9 Å². The molecule has 4 heteroatoms. The molecule has 0 aliphatic rings. The minimum atomic E-state index is -0.0599. The first-order chi connectivity index (χ1) is 8.67. The van der Waals surface area contributed by atoms with Gasteiger partial charge < -0.3 is 15.1 Å². The molecule has 0 saturated heterocycles. The molecule has 0 aliphatic carbocycles. The SMILES string of the molecule is CC(CO)N(C)c1nc2ccccc2cc1CO. The van der Waals surface area contributed by atoms with Crippen molar-refractivity contribution < 1.29 is 10.2 Å². The molecule has 96 valence electrons. The molecular weight excluding hydrogens is 228 g/mol. The van der Waals surface area contributed by atoms with Crippen molar-refractivity contribution >= 4 is 16.7 Å². The van der Waals surface area contributed by atoms with Gasteiger partial charge in [-0.1, -0.05) is 18.2 Å². The molecule has 0 saturated carbocycles. The van der Waals surface area contributed by atoms with E-state index in [0.717, 1.165) is 22.3 Å². The average molecular weight is 246 g/mol. The molecule has 18 heavy (non-hydrogen) atoms. The van der Waals surface area contributed by atoms with Gasteiger partial charge in [-0.25, -0.2) is 4.98 Å². The van der Waals surface area contributed by atoms with Crippen LogP contribution in [0.15, 0.2) is 30.3 Å². The van der Waals surface area contributed by atoms with E-state index in [0.29, 0.717) is 0 Å². The maximum absolute atomic E-state index is 9.45. The van der Waals surface area contributed by atoms with Gasteiger partial charge in [0.25, 0.3) is 0 Å². The number of aliphatic hydroxyl groups excluding tert-OH is 2. The van der Waals surface area contributed by atoms with Gasteiger partial charge in [0.05, 0.1) is 24.8 Å². The van der Waals surface area contributed by atoms with E-state index in [1.165, 1.54) is 0 Å². The van der Waals surface area contributed by atoms with E-state index in [4.69, 9.17) is 0 Å². The molecule has 2 rings (SSSR count). The Bertz CT molecular complexity index is 542. The van der Waals surface area contributed by atoms with Crippen molar-refractivity contribution in [3.05, 3.63) is 35.9 Å². The fourth-order valence-corrected chi connectivity index (χ4v) is 1.90. The van der Waals surface area contributed by atoms with E-state index in [9.17, 15) is 10.2 Å². The quantitative estimate of drug-likeness (QED) is 0.859. The summed E-state index contributed by atoms with van der Waals surface area (Å²) in [5.74, 6) is 0.720. The van der Waals surface area contributed by atoms with Crippen LogP contribution in [0.2, 0.25) is 0 Å². The van der Waals surface area contributed by atoms with E-state index in [1.54, 1.807) is 0 Å². The normalized spacial score (nSPS) is 12.7. The third-order valence-corrected chi connectivity index (χ3v) is 3.21. The molecule has 0 aliphatic heterocycles. The smallest absolute Gasteiger partial charge is 0.134 e. The Morgan fingerprint density at radius 1 is 1.28 bits per heavy atom. The van der Waals surface area contributed by atoms with Crippen LogP contribution in [0.4, 0.5) is 5.82 Å². The largest absolute Gasteiger partial charge is 0.394 e. The number of rotatable bonds is 4.